The number of carbonyl (C=O) groups excluding carboxylic acids is 4. The normalized spacial score (nSPS) is 19.6. The van der Waals surface area contributed by atoms with Gasteiger partial charge in [0, 0.05) is 11.3 Å². The number of methoxy groups -OCH3 is 1. The monoisotopic (exact) mass is 444 g/mol. The molecule has 10 nitrogen and oxygen atoms in total. The Balaban J connectivity index is 2.36. The van der Waals surface area contributed by atoms with E-state index in [2.05, 4.69) is 0 Å². The smallest absolute Gasteiger partial charge is 0.341 e. The van der Waals surface area contributed by atoms with Gasteiger partial charge in [-0.15, -0.1) is 0 Å². The van der Waals surface area contributed by atoms with E-state index in [4.69, 9.17) is 24.7 Å². The first-order valence-corrected chi connectivity index (χ1v) is 9.97. The minimum Gasteiger partial charge on any atom is -0.466 e. The Hall–Kier alpha value is -3.82. The molecule has 0 fully saturated rings. The third kappa shape index (κ3) is 3.28. The van der Waals surface area contributed by atoms with Gasteiger partial charge in [-0.25, -0.2) is 9.59 Å². The fraction of sp³-hybridized carbons (Fsp3) is 0.364. The highest BCUT2D eigenvalue weighted by Gasteiger charge is 2.64. The number of rotatable bonds is 6. The van der Waals surface area contributed by atoms with Crippen molar-refractivity contribution in [1.82, 2.24) is 0 Å². The summed E-state index contributed by atoms with van der Waals surface area (Å²) in [6.45, 7) is 4.34. The zero-order valence-corrected chi connectivity index (χ0v) is 18.2. The predicted octanol–water partition coefficient (Wildman–Crippen LogP) is 1.04. The molecule has 0 aromatic heterocycles. The molecule has 1 spiro atoms. The van der Waals surface area contributed by atoms with Crippen molar-refractivity contribution in [3.63, 3.8) is 0 Å². The predicted molar refractivity (Wildman–Crippen MR) is 111 cm³/mol. The second kappa shape index (κ2) is 8.74. The highest BCUT2D eigenvalue weighted by molar-refractivity contribution is 6.23. The van der Waals surface area contributed by atoms with Crippen LogP contribution >= 0.6 is 0 Å². The Bertz CT molecular complexity index is 1060. The van der Waals surface area contributed by atoms with Crippen molar-refractivity contribution in [2.24, 2.45) is 5.73 Å². The fourth-order valence-electron chi connectivity index (χ4n) is 4.13. The zero-order chi connectivity index (χ0) is 23.6. The van der Waals surface area contributed by atoms with Crippen LogP contribution in [0.5, 0.6) is 0 Å². The first kappa shape index (κ1) is 22.9. The summed E-state index contributed by atoms with van der Waals surface area (Å²) in [5.74, 6) is -3.62. The molecule has 0 bridgehead atoms. The Labute approximate surface area is 184 Å². The summed E-state index contributed by atoms with van der Waals surface area (Å²) in [6, 6.07) is 6.47. The third-order valence-electron chi connectivity index (χ3n) is 5.24. The van der Waals surface area contributed by atoms with Gasteiger partial charge in [-0.3, -0.25) is 14.5 Å². The van der Waals surface area contributed by atoms with E-state index in [-0.39, 0.29) is 41.6 Å². The van der Waals surface area contributed by atoms with Gasteiger partial charge in [0.25, 0.3) is 0 Å². The van der Waals surface area contributed by atoms with Crippen LogP contribution in [-0.4, -0.2) is 50.7 Å². The van der Waals surface area contributed by atoms with E-state index in [1.807, 2.05) is 0 Å². The standard InChI is InChI=1S/C22H24N2O8/c1-5-30-15(25)11-24-14-10-8-7-9-13(14)22(21(24)28)16(19(26)29-4)12(3)32-18(23)17(22)20(27)31-6-2/h7-10H,5-6,11,23H2,1-4H3. The minimum atomic E-state index is -2.02. The number of benzene rings is 1. The molecule has 0 saturated heterocycles. The molecule has 1 atom stereocenters. The van der Waals surface area contributed by atoms with E-state index in [1.54, 1.807) is 38.1 Å². The maximum atomic E-state index is 14.0. The number of para-hydroxylation sites is 1. The number of allylic oxidation sites excluding steroid dienone is 1. The Kier molecular flexibility index (Phi) is 6.24. The van der Waals surface area contributed by atoms with E-state index in [1.165, 1.54) is 6.92 Å². The van der Waals surface area contributed by atoms with Gasteiger partial charge in [0.05, 0.1) is 20.3 Å². The lowest BCUT2D eigenvalue weighted by atomic mass is 9.67. The molecular formula is C22H24N2O8. The first-order chi connectivity index (χ1) is 15.2. The summed E-state index contributed by atoms with van der Waals surface area (Å²) in [5.41, 5.74) is 4.07. The molecule has 170 valence electrons. The van der Waals surface area contributed by atoms with Crippen molar-refractivity contribution >= 4 is 29.5 Å². The van der Waals surface area contributed by atoms with Crippen molar-refractivity contribution in [2.75, 3.05) is 31.8 Å². The van der Waals surface area contributed by atoms with Crippen LogP contribution in [0.1, 0.15) is 26.3 Å². The number of nitrogens with zero attached hydrogens (tertiary/aromatic N) is 1. The molecule has 2 heterocycles. The maximum Gasteiger partial charge on any atom is 0.341 e. The van der Waals surface area contributed by atoms with Crippen molar-refractivity contribution < 1.29 is 38.1 Å². The van der Waals surface area contributed by atoms with E-state index in [0.717, 1.165) is 12.0 Å². The lowest BCUT2D eigenvalue weighted by Crippen LogP contribution is -2.51. The van der Waals surface area contributed by atoms with Crippen LogP contribution in [0, 0.1) is 0 Å². The summed E-state index contributed by atoms with van der Waals surface area (Å²) in [5, 5.41) is 0. The number of ether oxygens (including phenoxy) is 4. The highest BCUT2D eigenvalue weighted by atomic mass is 16.5. The van der Waals surface area contributed by atoms with Crippen LogP contribution in [0.15, 0.2) is 47.1 Å². The lowest BCUT2D eigenvalue weighted by Gasteiger charge is -2.36. The van der Waals surface area contributed by atoms with Gasteiger partial charge in [-0.2, -0.15) is 0 Å². The van der Waals surface area contributed by atoms with Crippen LogP contribution in [0.2, 0.25) is 0 Å². The zero-order valence-electron chi connectivity index (χ0n) is 18.2. The van der Waals surface area contributed by atoms with Gasteiger partial charge in [0.2, 0.25) is 11.8 Å². The third-order valence-corrected chi connectivity index (χ3v) is 5.24. The number of hydrogen-bond donors (Lipinski definition) is 1. The number of hydrogen-bond acceptors (Lipinski definition) is 9. The van der Waals surface area contributed by atoms with Crippen LogP contribution in [0.4, 0.5) is 5.69 Å². The Morgan fingerprint density at radius 1 is 1.06 bits per heavy atom. The van der Waals surface area contributed by atoms with Crippen molar-refractivity contribution in [2.45, 2.75) is 26.2 Å². The molecule has 2 aliphatic rings. The first-order valence-electron chi connectivity index (χ1n) is 9.97. The summed E-state index contributed by atoms with van der Waals surface area (Å²) in [7, 11) is 1.14. The van der Waals surface area contributed by atoms with Gasteiger partial charge in [-0.1, -0.05) is 18.2 Å². The molecule has 32 heavy (non-hydrogen) atoms. The summed E-state index contributed by atoms with van der Waals surface area (Å²) in [4.78, 5) is 53.4. The second-order valence-corrected chi connectivity index (χ2v) is 6.95. The number of fused-ring (bicyclic) bond motifs is 2. The number of nitrogens with two attached hydrogens (primary N) is 1. The summed E-state index contributed by atoms with van der Waals surface area (Å²) in [6.07, 6.45) is 0. The van der Waals surface area contributed by atoms with Crippen molar-refractivity contribution in [3.05, 3.63) is 52.6 Å². The number of carbonyl (C=O) groups is 4. The molecular weight excluding hydrogens is 420 g/mol. The van der Waals surface area contributed by atoms with Crippen LogP contribution in [0.3, 0.4) is 0 Å². The average Bonchev–Trinajstić information content (AvgIpc) is 2.97. The molecule has 0 radical (unpaired) electrons. The topological polar surface area (TPSA) is 134 Å². The lowest BCUT2D eigenvalue weighted by molar-refractivity contribution is -0.143. The quantitative estimate of drug-likeness (QED) is 0.504. The van der Waals surface area contributed by atoms with Gasteiger partial charge in [-0.05, 0) is 26.8 Å². The fourth-order valence-corrected chi connectivity index (χ4v) is 4.13. The minimum absolute atomic E-state index is 0.00960. The number of anilines is 1. The van der Waals surface area contributed by atoms with Gasteiger partial charge >= 0.3 is 17.9 Å². The maximum absolute atomic E-state index is 14.0. The molecule has 1 amide bonds. The molecule has 10 heteroatoms. The van der Waals surface area contributed by atoms with Gasteiger partial charge in [0.15, 0.2) is 0 Å². The summed E-state index contributed by atoms with van der Waals surface area (Å²) >= 11 is 0. The molecule has 0 aliphatic carbocycles. The van der Waals surface area contributed by atoms with Crippen molar-refractivity contribution in [3.8, 4) is 0 Å². The number of amides is 1. The second-order valence-electron chi connectivity index (χ2n) is 6.95. The molecule has 2 aliphatic heterocycles. The van der Waals surface area contributed by atoms with Gasteiger partial charge in [0.1, 0.15) is 28.9 Å². The molecule has 1 aromatic carbocycles. The van der Waals surface area contributed by atoms with Gasteiger partial charge < -0.3 is 24.7 Å². The van der Waals surface area contributed by atoms with E-state index >= 15 is 0 Å². The number of esters is 3. The van der Waals surface area contributed by atoms with Crippen LogP contribution in [0.25, 0.3) is 0 Å². The van der Waals surface area contributed by atoms with E-state index in [9.17, 15) is 19.2 Å². The molecule has 1 unspecified atom stereocenters. The molecule has 3 rings (SSSR count). The molecule has 1 aromatic rings. The Morgan fingerprint density at radius 3 is 2.34 bits per heavy atom. The molecule has 0 saturated carbocycles. The van der Waals surface area contributed by atoms with Crippen LogP contribution < -0.4 is 10.6 Å². The highest BCUT2D eigenvalue weighted by Crippen LogP contribution is 2.54. The van der Waals surface area contributed by atoms with Crippen molar-refractivity contribution in [1.29, 1.82) is 0 Å². The van der Waals surface area contributed by atoms with E-state index < -0.39 is 35.8 Å². The van der Waals surface area contributed by atoms with Crippen LogP contribution in [-0.2, 0) is 43.5 Å². The summed E-state index contributed by atoms with van der Waals surface area (Å²) < 4.78 is 20.6. The SMILES string of the molecule is CCOC(=O)CN1C(=O)C2(C(C(=O)OC)=C(C)OC(N)=C2C(=O)OCC)c2ccccc21. The largest absolute Gasteiger partial charge is 0.466 e. The van der Waals surface area contributed by atoms with E-state index in [0.29, 0.717) is 5.69 Å². The molecule has 2 N–H and O–H groups in total. The Morgan fingerprint density at radius 2 is 1.72 bits per heavy atom. The average molecular weight is 444 g/mol.